The molecule has 1 rings (SSSR count). The molecule has 0 aromatic heterocycles. The van der Waals surface area contributed by atoms with Gasteiger partial charge in [-0.15, -0.1) is 0 Å². The highest BCUT2D eigenvalue weighted by atomic mass is 35.5. The standard InChI is InChI=1S/C18H31N3.C12H19Cl/c1-6-9-10-20-15(4)18(17(7-2)8-3)16(5)21-13-11-19-12-14-21;1-4-6-7-9-12(13)10-11(3)8-5-2/h7,9-10,19H,6,8,11-14H2,1-5H3;6-7,9-10H,4-5,8H2,1-3H3/b10-9+,17-7-,18-16-,20-15+;7-6+,11-10+,12-9+. The Hall–Kier alpha value is -1.84. The number of halogens is 1. The number of hydrogen-bond donors (Lipinski definition) is 1. The van der Waals surface area contributed by atoms with Gasteiger partial charge in [-0.25, -0.2) is 0 Å². The van der Waals surface area contributed by atoms with Crippen molar-refractivity contribution >= 4 is 17.3 Å². The highest BCUT2D eigenvalue weighted by Gasteiger charge is 2.17. The minimum atomic E-state index is 0.815. The Bertz CT molecular complexity index is 773. The van der Waals surface area contributed by atoms with E-state index in [9.17, 15) is 0 Å². The third-order valence-corrected chi connectivity index (χ3v) is 5.87. The number of piperazine rings is 1. The molecule has 0 aromatic rings. The van der Waals surface area contributed by atoms with Crippen LogP contribution in [0.1, 0.15) is 87.5 Å². The molecule has 0 amide bonds. The quantitative estimate of drug-likeness (QED) is 0.233. The van der Waals surface area contributed by atoms with Gasteiger partial charge in [-0.3, -0.25) is 4.99 Å². The van der Waals surface area contributed by atoms with Crippen molar-refractivity contribution in [3.8, 4) is 0 Å². The van der Waals surface area contributed by atoms with Crippen molar-refractivity contribution in [3.63, 3.8) is 0 Å². The van der Waals surface area contributed by atoms with Gasteiger partial charge < -0.3 is 10.2 Å². The first-order valence-corrected chi connectivity index (χ1v) is 13.4. The molecule has 1 N–H and O–H groups in total. The van der Waals surface area contributed by atoms with E-state index < -0.39 is 0 Å². The molecule has 4 heteroatoms. The van der Waals surface area contributed by atoms with Gasteiger partial charge in [0.25, 0.3) is 0 Å². The molecule has 0 atom stereocenters. The van der Waals surface area contributed by atoms with Gasteiger partial charge in [0, 0.05) is 54.4 Å². The van der Waals surface area contributed by atoms with Gasteiger partial charge in [-0.05, 0) is 71.1 Å². The summed E-state index contributed by atoms with van der Waals surface area (Å²) in [4.78, 5) is 7.12. The van der Waals surface area contributed by atoms with Crippen molar-refractivity contribution in [2.24, 2.45) is 4.99 Å². The molecule has 1 fully saturated rings. The van der Waals surface area contributed by atoms with E-state index in [2.05, 4.69) is 88.8 Å². The highest BCUT2D eigenvalue weighted by molar-refractivity contribution is 6.31. The Morgan fingerprint density at radius 2 is 1.65 bits per heavy atom. The normalized spacial score (nSPS) is 17.3. The van der Waals surface area contributed by atoms with E-state index in [4.69, 9.17) is 11.6 Å². The van der Waals surface area contributed by atoms with Gasteiger partial charge in [0.15, 0.2) is 0 Å². The summed E-state index contributed by atoms with van der Waals surface area (Å²) >= 11 is 5.98. The van der Waals surface area contributed by atoms with Gasteiger partial charge in [0.1, 0.15) is 0 Å². The summed E-state index contributed by atoms with van der Waals surface area (Å²) in [5, 5.41) is 4.23. The van der Waals surface area contributed by atoms with Gasteiger partial charge in [-0.1, -0.05) is 75.6 Å². The van der Waals surface area contributed by atoms with Crippen LogP contribution in [-0.4, -0.2) is 36.8 Å². The minimum Gasteiger partial charge on any atom is -0.372 e. The molecule has 0 aliphatic carbocycles. The first-order valence-electron chi connectivity index (χ1n) is 13.1. The van der Waals surface area contributed by atoms with Crippen LogP contribution in [-0.2, 0) is 0 Å². The summed E-state index contributed by atoms with van der Waals surface area (Å²) in [5.74, 6) is 0. The first kappa shape index (κ1) is 32.2. The van der Waals surface area contributed by atoms with Crippen molar-refractivity contribution < 1.29 is 0 Å². The molecular formula is C30H50ClN3. The number of nitrogens with one attached hydrogen (secondary N) is 1. The molecular weight excluding hydrogens is 438 g/mol. The Labute approximate surface area is 216 Å². The smallest absolute Gasteiger partial charge is 0.0464 e. The summed E-state index contributed by atoms with van der Waals surface area (Å²) < 4.78 is 0. The lowest BCUT2D eigenvalue weighted by Crippen LogP contribution is -2.43. The second-order valence-electron chi connectivity index (χ2n) is 8.50. The van der Waals surface area contributed by atoms with Crippen LogP contribution in [0.2, 0.25) is 0 Å². The van der Waals surface area contributed by atoms with Crippen molar-refractivity contribution in [2.45, 2.75) is 87.5 Å². The zero-order chi connectivity index (χ0) is 25.8. The SMILES string of the molecule is CC/C=C/C=C(Cl)\C=C(/C)CCC.C\C=C(CC)/C(C(/C)=N/C=C/CC)=C(/C)N1CCNCC1. The predicted molar refractivity (Wildman–Crippen MR) is 156 cm³/mol. The first-order chi connectivity index (χ1) is 16.4. The lowest BCUT2D eigenvalue weighted by Gasteiger charge is -2.32. The van der Waals surface area contributed by atoms with Crippen LogP contribution < -0.4 is 5.32 Å². The summed E-state index contributed by atoms with van der Waals surface area (Å²) in [7, 11) is 0. The van der Waals surface area contributed by atoms with E-state index in [1.165, 1.54) is 28.8 Å². The Kier molecular flexibility index (Phi) is 19.4. The molecule has 192 valence electrons. The van der Waals surface area contributed by atoms with E-state index in [1.807, 2.05) is 24.4 Å². The molecule has 0 saturated carbocycles. The topological polar surface area (TPSA) is 27.6 Å². The third kappa shape index (κ3) is 13.8. The summed E-state index contributed by atoms with van der Waals surface area (Å²) in [6, 6.07) is 0. The van der Waals surface area contributed by atoms with Gasteiger partial charge in [0.2, 0.25) is 0 Å². The molecule has 34 heavy (non-hydrogen) atoms. The van der Waals surface area contributed by atoms with Crippen molar-refractivity contribution in [3.05, 3.63) is 70.1 Å². The zero-order valence-corrected chi connectivity index (χ0v) is 23.9. The molecule has 0 unspecified atom stereocenters. The summed E-state index contributed by atoms with van der Waals surface area (Å²) in [6.07, 6.45) is 19.7. The molecule has 0 radical (unpaired) electrons. The van der Waals surface area contributed by atoms with E-state index in [0.29, 0.717) is 0 Å². The second-order valence-corrected chi connectivity index (χ2v) is 8.94. The molecule has 0 spiro atoms. The van der Waals surface area contributed by atoms with Crippen LogP contribution >= 0.6 is 11.6 Å². The monoisotopic (exact) mass is 487 g/mol. The molecule has 1 heterocycles. The highest BCUT2D eigenvalue weighted by Crippen LogP contribution is 2.23. The molecule has 0 aromatic carbocycles. The number of allylic oxidation sites excluding steroid dienone is 11. The van der Waals surface area contributed by atoms with E-state index in [-0.39, 0.29) is 0 Å². The van der Waals surface area contributed by atoms with Crippen LogP contribution in [0, 0.1) is 0 Å². The maximum Gasteiger partial charge on any atom is 0.0464 e. The van der Waals surface area contributed by atoms with Crippen molar-refractivity contribution in [1.82, 2.24) is 10.2 Å². The fourth-order valence-corrected chi connectivity index (χ4v) is 4.05. The van der Waals surface area contributed by atoms with Crippen LogP contribution in [0.5, 0.6) is 0 Å². The maximum atomic E-state index is 5.98. The molecule has 1 aliphatic rings. The maximum absolute atomic E-state index is 5.98. The predicted octanol–water partition coefficient (Wildman–Crippen LogP) is 8.73. The molecule has 0 bridgehead atoms. The minimum absolute atomic E-state index is 0.815. The van der Waals surface area contributed by atoms with Crippen molar-refractivity contribution in [1.29, 1.82) is 0 Å². The van der Waals surface area contributed by atoms with Gasteiger partial charge in [-0.2, -0.15) is 0 Å². The van der Waals surface area contributed by atoms with Crippen LogP contribution in [0.3, 0.4) is 0 Å². The van der Waals surface area contributed by atoms with Crippen LogP contribution in [0.25, 0.3) is 0 Å². The summed E-state index contributed by atoms with van der Waals surface area (Å²) in [5.41, 5.74) is 6.52. The molecule has 1 saturated heterocycles. The average Bonchev–Trinajstić information content (AvgIpc) is 2.83. The van der Waals surface area contributed by atoms with E-state index in [1.54, 1.807) is 0 Å². The van der Waals surface area contributed by atoms with Crippen LogP contribution in [0.4, 0.5) is 0 Å². The number of nitrogens with zero attached hydrogens (tertiary/aromatic N) is 2. The van der Waals surface area contributed by atoms with E-state index >= 15 is 0 Å². The fraction of sp³-hybridized carbons (Fsp3) is 0.567. The average molecular weight is 488 g/mol. The zero-order valence-electron chi connectivity index (χ0n) is 23.2. The fourth-order valence-electron chi connectivity index (χ4n) is 3.79. The third-order valence-electron chi connectivity index (χ3n) is 5.63. The lowest BCUT2D eigenvalue weighted by atomic mass is 9.96. The Morgan fingerprint density at radius 1 is 1.00 bits per heavy atom. The Morgan fingerprint density at radius 3 is 2.18 bits per heavy atom. The lowest BCUT2D eigenvalue weighted by molar-refractivity contribution is 0.298. The van der Waals surface area contributed by atoms with Crippen LogP contribution in [0.15, 0.2) is 75.1 Å². The second kappa shape index (κ2) is 20.5. The Balaban J connectivity index is 0.000000722. The molecule has 3 nitrogen and oxygen atoms in total. The largest absolute Gasteiger partial charge is 0.372 e. The summed E-state index contributed by atoms with van der Waals surface area (Å²) in [6.45, 7) is 21.5. The number of aliphatic imine (C=N–C) groups is 1. The number of rotatable bonds is 11. The van der Waals surface area contributed by atoms with Gasteiger partial charge in [0.05, 0.1) is 0 Å². The number of hydrogen-bond acceptors (Lipinski definition) is 3. The van der Waals surface area contributed by atoms with Gasteiger partial charge >= 0.3 is 0 Å². The molecule has 1 aliphatic heterocycles. The van der Waals surface area contributed by atoms with E-state index in [0.717, 1.165) is 62.6 Å². The van der Waals surface area contributed by atoms with Crippen molar-refractivity contribution in [2.75, 3.05) is 26.2 Å².